The summed E-state index contributed by atoms with van der Waals surface area (Å²) in [5.74, 6) is 1.42. The topological polar surface area (TPSA) is 32.3 Å². The van der Waals surface area contributed by atoms with Gasteiger partial charge in [-0.25, -0.2) is 0 Å². The zero-order valence-electron chi connectivity index (χ0n) is 9.79. The van der Waals surface area contributed by atoms with Crippen molar-refractivity contribution in [1.29, 1.82) is 0 Å². The molecule has 84 valence electrons. The molecule has 0 bridgehead atoms. The Morgan fingerprint density at radius 1 is 1.21 bits per heavy atom. The van der Waals surface area contributed by atoms with Crippen LogP contribution in [0, 0.1) is 11.8 Å². The lowest BCUT2D eigenvalue weighted by Gasteiger charge is -2.30. The third kappa shape index (κ3) is 3.58. The van der Waals surface area contributed by atoms with Gasteiger partial charge in [0, 0.05) is 6.04 Å². The number of nitrogens with one attached hydrogen (secondary N) is 1. The van der Waals surface area contributed by atoms with E-state index in [1.807, 2.05) is 0 Å². The van der Waals surface area contributed by atoms with Gasteiger partial charge in [0.1, 0.15) is 0 Å². The summed E-state index contributed by atoms with van der Waals surface area (Å²) in [5, 5.41) is 13.3. The monoisotopic (exact) mass is 199 g/mol. The lowest BCUT2D eigenvalue weighted by molar-refractivity contribution is 0.0880. The van der Waals surface area contributed by atoms with Gasteiger partial charge >= 0.3 is 0 Å². The van der Waals surface area contributed by atoms with Crippen LogP contribution in [0.3, 0.4) is 0 Å². The molecule has 2 nitrogen and oxygen atoms in total. The molecule has 0 saturated heterocycles. The van der Waals surface area contributed by atoms with Crippen molar-refractivity contribution in [1.82, 2.24) is 5.32 Å². The van der Waals surface area contributed by atoms with Crippen LogP contribution >= 0.6 is 0 Å². The van der Waals surface area contributed by atoms with E-state index in [2.05, 4.69) is 26.1 Å². The van der Waals surface area contributed by atoms with Crippen LogP contribution in [0.4, 0.5) is 0 Å². The minimum Gasteiger partial charge on any atom is -0.392 e. The first kappa shape index (κ1) is 12.0. The number of rotatable bonds is 4. The third-order valence-corrected chi connectivity index (χ3v) is 3.57. The number of aliphatic hydroxyl groups is 1. The highest BCUT2D eigenvalue weighted by atomic mass is 16.3. The van der Waals surface area contributed by atoms with Crippen LogP contribution in [0.2, 0.25) is 0 Å². The van der Waals surface area contributed by atoms with Crippen LogP contribution < -0.4 is 5.32 Å². The lowest BCUT2D eigenvalue weighted by atomic mass is 9.91. The Bertz CT molecular complexity index is 158. The molecule has 1 aliphatic rings. The van der Waals surface area contributed by atoms with Crippen LogP contribution in [0.25, 0.3) is 0 Å². The lowest BCUT2D eigenvalue weighted by Crippen LogP contribution is -2.44. The minimum absolute atomic E-state index is 0.108. The van der Waals surface area contributed by atoms with Gasteiger partial charge in [-0.15, -0.1) is 0 Å². The summed E-state index contributed by atoms with van der Waals surface area (Å²) < 4.78 is 0. The summed E-state index contributed by atoms with van der Waals surface area (Å²) in [7, 11) is 0. The maximum Gasteiger partial charge on any atom is 0.0693 e. The summed E-state index contributed by atoms with van der Waals surface area (Å²) in [6, 6.07) is 0.352. The molecule has 0 aromatic rings. The second kappa shape index (κ2) is 5.72. The summed E-state index contributed by atoms with van der Waals surface area (Å²) in [5.41, 5.74) is 0. The fraction of sp³-hybridized carbons (Fsp3) is 1.00. The standard InChI is InChI=1S/C12H25NO/c1-9(2)10(3)8-13-11-6-4-5-7-12(11)14/h9-14H,4-8H2,1-3H3/t10?,11-,12-/m1/s1. The molecule has 14 heavy (non-hydrogen) atoms. The first-order valence-electron chi connectivity index (χ1n) is 6.02. The van der Waals surface area contributed by atoms with Gasteiger partial charge in [-0.1, -0.05) is 33.6 Å². The Labute approximate surface area is 88.1 Å². The van der Waals surface area contributed by atoms with Crippen LogP contribution in [0.5, 0.6) is 0 Å². The maximum absolute atomic E-state index is 9.76. The second-order valence-corrected chi connectivity index (χ2v) is 5.09. The van der Waals surface area contributed by atoms with E-state index < -0.39 is 0 Å². The van der Waals surface area contributed by atoms with Gasteiger partial charge in [0.2, 0.25) is 0 Å². The van der Waals surface area contributed by atoms with Crippen LogP contribution in [-0.2, 0) is 0 Å². The smallest absolute Gasteiger partial charge is 0.0693 e. The van der Waals surface area contributed by atoms with E-state index in [0.29, 0.717) is 12.0 Å². The van der Waals surface area contributed by atoms with Crippen LogP contribution in [0.1, 0.15) is 46.5 Å². The van der Waals surface area contributed by atoms with E-state index in [4.69, 9.17) is 0 Å². The Balaban J connectivity index is 2.22. The largest absolute Gasteiger partial charge is 0.392 e. The van der Waals surface area contributed by atoms with Crippen LogP contribution in [0.15, 0.2) is 0 Å². The van der Waals surface area contributed by atoms with Crippen molar-refractivity contribution in [2.75, 3.05) is 6.54 Å². The molecule has 0 aromatic heterocycles. The van der Waals surface area contributed by atoms with Crippen molar-refractivity contribution >= 4 is 0 Å². The molecule has 2 heteroatoms. The van der Waals surface area contributed by atoms with Crippen molar-refractivity contribution in [3.63, 3.8) is 0 Å². The van der Waals surface area contributed by atoms with E-state index in [1.165, 1.54) is 12.8 Å². The van der Waals surface area contributed by atoms with Crippen molar-refractivity contribution in [3.8, 4) is 0 Å². The van der Waals surface area contributed by atoms with Gasteiger partial charge in [-0.2, -0.15) is 0 Å². The SMILES string of the molecule is CC(C)C(C)CN[C@@H]1CCCC[C@H]1O. The molecule has 1 aliphatic carbocycles. The molecule has 0 spiro atoms. The van der Waals surface area contributed by atoms with Crippen molar-refractivity contribution in [2.24, 2.45) is 11.8 Å². The molecule has 1 unspecified atom stereocenters. The van der Waals surface area contributed by atoms with E-state index in [0.717, 1.165) is 25.3 Å². The van der Waals surface area contributed by atoms with E-state index in [-0.39, 0.29) is 6.10 Å². The molecule has 1 fully saturated rings. The molecule has 0 aliphatic heterocycles. The molecule has 0 radical (unpaired) electrons. The average molecular weight is 199 g/mol. The molecule has 3 atom stereocenters. The zero-order valence-corrected chi connectivity index (χ0v) is 9.79. The Morgan fingerprint density at radius 2 is 1.86 bits per heavy atom. The van der Waals surface area contributed by atoms with Gasteiger partial charge in [-0.05, 0) is 31.2 Å². The predicted molar refractivity (Wildman–Crippen MR) is 60.3 cm³/mol. The zero-order chi connectivity index (χ0) is 10.6. The van der Waals surface area contributed by atoms with Crippen LogP contribution in [-0.4, -0.2) is 23.8 Å². The third-order valence-electron chi connectivity index (χ3n) is 3.57. The summed E-state index contributed by atoms with van der Waals surface area (Å²) in [6.07, 6.45) is 4.48. The Morgan fingerprint density at radius 3 is 2.43 bits per heavy atom. The molecular weight excluding hydrogens is 174 g/mol. The quantitative estimate of drug-likeness (QED) is 0.727. The molecule has 1 rings (SSSR count). The molecule has 2 N–H and O–H groups in total. The fourth-order valence-corrected chi connectivity index (χ4v) is 1.92. The van der Waals surface area contributed by atoms with E-state index in [1.54, 1.807) is 0 Å². The molecular formula is C12H25NO. The molecule has 0 heterocycles. The van der Waals surface area contributed by atoms with Gasteiger partial charge in [0.15, 0.2) is 0 Å². The van der Waals surface area contributed by atoms with Crippen molar-refractivity contribution in [2.45, 2.75) is 58.6 Å². The van der Waals surface area contributed by atoms with Gasteiger partial charge in [0.25, 0.3) is 0 Å². The Hall–Kier alpha value is -0.0800. The molecule has 0 aromatic carbocycles. The summed E-state index contributed by atoms with van der Waals surface area (Å²) >= 11 is 0. The number of hydrogen-bond acceptors (Lipinski definition) is 2. The second-order valence-electron chi connectivity index (χ2n) is 5.09. The van der Waals surface area contributed by atoms with Crippen molar-refractivity contribution < 1.29 is 5.11 Å². The van der Waals surface area contributed by atoms with Gasteiger partial charge in [0.05, 0.1) is 6.10 Å². The average Bonchev–Trinajstić information content (AvgIpc) is 2.16. The van der Waals surface area contributed by atoms with Gasteiger partial charge in [-0.3, -0.25) is 0 Å². The van der Waals surface area contributed by atoms with Crippen molar-refractivity contribution in [3.05, 3.63) is 0 Å². The number of hydrogen-bond donors (Lipinski definition) is 2. The van der Waals surface area contributed by atoms with Gasteiger partial charge < -0.3 is 10.4 Å². The maximum atomic E-state index is 9.76. The summed E-state index contributed by atoms with van der Waals surface area (Å²) in [4.78, 5) is 0. The Kier molecular flexibility index (Phi) is 4.90. The first-order chi connectivity index (χ1) is 6.61. The fourth-order valence-electron chi connectivity index (χ4n) is 1.92. The van der Waals surface area contributed by atoms with E-state index >= 15 is 0 Å². The highest BCUT2D eigenvalue weighted by Crippen LogP contribution is 2.19. The highest BCUT2D eigenvalue weighted by molar-refractivity contribution is 4.80. The summed E-state index contributed by atoms with van der Waals surface area (Å²) in [6.45, 7) is 7.82. The normalized spacial score (nSPS) is 30.6. The molecule has 1 saturated carbocycles. The first-order valence-corrected chi connectivity index (χ1v) is 6.02. The number of aliphatic hydroxyl groups excluding tert-OH is 1. The minimum atomic E-state index is -0.108. The highest BCUT2D eigenvalue weighted by Gasteiger charge is 2.22. The predicted octanol–water partition coefficient (Wildman–Crippen LogP) is 2.17. The molecule has 0 amide bonds. The van der Waals surface area contributed by atoms with E-state index in [9.17, 15) is 5.11 Å².